The van der Waals surface area contributed by atoms with Crippen molar-refractivity contribution in [2.45, 2.75) is 18.9 Å². The van der Waals surface area contributed by atoms with E-state index in [4.69, 9.17) is 4.74 Å². The summed E-state index contributed by atoms with van der Waals surface area (Å²) in [4.78, 5) is 2.10. The Morgan fingerprint density at radius 2 is 1.95 bits per heavy atom. The fourth-order valence-electron chi connectivity index (χ4n) is 2.96. The highest BCUT2D eigenvalue weighted by molar-refractivity contribution is 5.70. The Hall–Kier alpha value is -1.74. The minimum absolute atomic E-state index is 0.524. The molecule has 0 fully saturated rings. The van der Waals surface area contributed by atoms with Crippen LogP contribution in [0.5, 0.6) is 5.75 Å². The van der Waals surface area contributed by atoms with Crippen LogP contribution in [0.25, 0.3) is 6.08 Å². The van der Waals surface area contributed by atoms with Crippen molar-refractivity contribution in [3.05, 3.63) is 41.2 Å². The van der Waals surface area contributed by atoms with Crippen molar-refractivity contribution in [2.75, 3.05) is 40.1 Å². The van der Waals surface area contributed by atoms with E-state index < -0.39 is 0 Å². The van der Waals surface area contributed by atoms with Crippen molar-refractivity contribution in [1.29, 1.82) is 0 Å². The maximum absolute atomic E-state index is 6.21. The Bertz CT molecular complexity index is 621. The molecular weight excluding hydrogens is 260 g/mol. The summed E-state index contributed by atoms with van der Waals surface area (Å²) in [7, 11) is 10.9. The second kappa shape index (κ2) is 4.92. The van der Waals surface area contributed by atoms with E-state index >= 15 is 0 Å². The normalized spacial score (nSPS) is 20.7. The number of hydrogen-bond acceptors (Lipinski definition) is 2. The van der Waals surface area contributed by atoms with E-state index in [1.165, 1.54) is 23.2 Å². The monoisotopic (exact) mass is 285 g/mol. The van der Waals surface area contributed by atoms with Crippen molar-refractivity contribution < 1.29 is 9.22 Å². The van der Waals surface area contributed by atoms with Crippen molar-refractivity contribution in [1.82, 2.24) is 0 Å². The highest BCUT2D eigenvalue weighted by atomic mass is 16.5. The lowest BCUT2D eigenvalue weighted by atomic mass is 9.91. The molecule has 0 bridgehead atoms. The Balaban J connectivity index is 1.97. The fourth-order valence-corrected chi connectivity index (χ4v) is 2.96. The number of allylic oxidation sites excluding steroid dienone is 1. The van der Waals surface area contributed by atoms with Crippen molar-refractivity contribution in [3.8, 4) is 5.75 Å². The first-order chi connectivity index (χ1) is 9.84. The number of rotatable bonds is 2. The zero-order chi connectivity index (χ0) is 15.2. The number of nitrogens with zero attached hydrogens (tertiary/aromatic N) is 2. The highest BCUT2D eigenvalue weighted by Crippen LogP contribution is 2.39. The summed E-state index contributed by atoms with van der Waals surface area (Å²) < 4.78 is 7.16. The molecule has 21 heavy (non-hydrogen) atoms. The number of fused-ring (bicyclic) bond motifs is 2. The summed E-state index contributed by atoms with van der Waals surface area (Å²) in [5, 5.41) is 0. The first kappa shape index (κ1) is 14.2. The van der Waals surface area contributed by atoms with E-state index in [9.17, 15) is 0 Å². The molecule has 1 heterocycles. The molecule has 1 atom stereocenters. The summed E-state index contributed by atoms with van der Waals surface area (Å²) in [6, 6.07) is 6.95. The molecule has 0 amide bonds. The summed E-state index contributed by atoms with van der Waals surface area (Å²) in [6.07, 6.45) is 6.88. The molecule has 1 aliphatic heterocycles. The molecule has 0 aromatic heterocycles. The quantitative estimate of drug-likeness (QED) is 0.773. The van der Waals surface area contributed by atoms with Gasteiger partial charge in [-0.15, -0.1) is 0 Å². The molecule has 0 N–H and O–H groups in total. The van der Waals surface area contributed by atoms with Crippen LogP contribution in [0, 0.1) is 0 Å². The molecule has 112 valence electrons. The van der Waals surface area contributed by atoms with Gasteiger partial charge in [0.25, 0.3) is 0 Å². The molecule has 0 saturated carbocycles. The average molecular weight is 285 g/mol. The molecule has 3 rings (SSSR count). The minimum Gasteiger partial charge on any atom is -0.456 e. The van der Waals surface area contributed by atoms with E-state index in [-0.39, 0.29) is 0 Å². The molecule has 0 spiro atoms. The topological polar surface area (TPSA) is 12.5 Å². The van der Waals surface area contributed by atoms with Gasteiger partial charge in [0, 0.05) is 43.9 Å². The second-order valence-electron chi connectivity index (χ2n) is 7.14. The van der Waals surface area contributed by atoms with Gasteiger partial charge in [0.1, 0.15) is 17.6 Å². The van der Waals surface area contributed by atoms with Gasteiger partial charge in [0.2, 0.25) is 0 Å². The van der Waals surface area contributed by atoms with Gasteiger partial charge in [-0.05, 0) is 30.2 Å². The predicted octanol–water partition coefficient (Wildman–Crippen LogP) is 3.28. The maximum atomic E-state index is 6.21. The first-order valence-electron chi connectivity index (χ1n) is 7.58. The Labute approximate surface area is 127 Å². The molecule has 1 aliphatic carbocycles. The summed E-state index contributed by atoms with van der Waals surface area (Å²) >= 11 is 0. The van der Waals surface area contributed by atoms with Crippen LogP contribution in [0.15, 0.2) is 35.6 Å². The SMILES string of the molecule is CN(C)c1ccc2c(c1)OC1=CC([N+](C)(C)C)CCC1=C2. The van der Waals surface area contributed by atoms with Gasteiger partial charge in [0.15, 0.2) is 0 Å². The van der Waals surface area contributed by atoms with Crippen LogP contribution in [0.3, 0.4) is 0 Å². The zero-order valence-corrected chi connectivity index (χ0v) is 13.7. The van der Waals surface area contributed by atoms with Crippen LogP contribution in [0.1, 0.15) is 18.4 Å². The van der Waals surface area contributed by atoms with E-state index in [0.717, 1.165) is 22.4 Å². The molecule has 0 radical (unpaired) electrons. The molecule has 3 heteroatoms. The lowest BCUT2D eigenvalue weighted by molar-refractivity contribution is -0.889. The minimum atomic E-state index is 0.524. The van der Waals surface area contributed by atoms with E-state index in [2.05, 4.69) is 70.5 Å². The fraction of sp³-hybridized carbons (Fsp3) is 0.444. The van der Waals surface area contributed by atoms with Gasteiger partial charge in [-0.25, -0.2) is 0 Å². The zero-order valence-electron chi connectivity index (χ0n) is 13.7. The third kappa shape index (κ3) is 2.70. The molecule has 2 aliphatic rings. The van der Waals surface area contributed by atoms with Crippen LogP contribution in [0.2, 0.25) is 0 Å². The van der Waals surface area contributed by atoms with Gasteiger partial charge in [-0.3, -0.25) is 0 Å². The van der Waals surface area contributed by atoms with Crippen molar-refractivity contribution in [3.63, 3.8) is 0 Å². The van der Waals surface area contributed by atoms with Gasteiger partial charge in [-0.2, -0.15) is 0 Å². The van der Waals surface area contributed by atoms with Crippen LogP contribution in [-0.2, 0) is 0 Å². The van der Waals surface area contributed by atoms with Gasteiger partial charge in [0.05, 0.1) is 21.1 Å². The molecule has 0 saturated heterocycles. The number of anilines is 1. The lowest BCUT2D eigenvalue weighted by Crippen LogP contribution is -2.45. The highest BCUT2D eigenvalue weighted by Gasteiger charge is 2.30. The van der Waals surface area contributed by atoms with E-state index in [0.29, 0.717) is 6.04 Å². The molecule has 1 unspecified atom stereocenters. The number of benzene rings is 1. The summed E-state index contributed by atoms with van der Waals surface area (Å²) in [6.45, 7) is 0. The summed E-state index contributed by atoms with van der Waals surface area (Å²) in [5.41, 5.74) is 3.70. The van der Waals surface area contributed by atoms with E-state index in [1.54, 1.807) is 0 Å². The number of quaternary nitrogens is 1. The number of likely N-dealkylation sites (N-methyl/N-ethyl adjacent to an activating group) is 1. The Morgan fingerprint density at radius 3 is 2.62 bits per heavy atom. The van der Waals surface area contributed by atoms with Crippen LogP contribution in [0.4, 0.5) is 5.69 Å². The predicted molar refractivity (Wildman–Crippen MR) is 88.5 cm³/mol. The Kier molecular flexibility index (Phi) is 3.33. The lowest BCUT2D eigenvalue weighted by Gasteiger charge is -2.36. The second-order valence-corrected chi connectivity index (χ2v) is 7.14. The van der Waals surface area contributed by atoms with Crippen LogP contribution >= 0.6 is 0 Å². The van der Waals surface area contributed by atoms with Gasteiger partial charge >= 0.3 is 0 Å². The van der Waals surface area contributed by atoms with Gasteiger partial charge < -0.3 is 14.1 Å². The van der Waals surface area contributed by atoms with E-state index in [1.807, 2.05) is 0 Å². The standard InChI is InChI=1S/C18H25N2O/c1-19(2)15-8-6-13-10-14-7-9-16(20(3,4)5)12-18(14)21-17(13)11-15/h6,8,10-12,16H,7,9H2,1-5H3/q+1. The maximum Gasteiger partial charge on any atom is 0.136 e. The summed E-state index contributed by atoms with van der Waals surface area (Å²) in [5.74, 6) is 2.03. The van der Waals surface area contributed by atoms with Crippen LogP contribution in [-0.4, -0.2) is 45.8 Å². The third-order valence-corrected chi connectivity index (χ3v) is 4.43. The largest absolute Gasteiger partial charge is 0.456 e. The third-order valence-electron chi connectivity index (χ3n) is 4.43. The number of ether oxygens (including phenoxy) is 1. The van der Waals surface area contributed by atoms with Crippen molar-refractivity contribution >= 4 is 11.8 Å². The first-order valence-corrected chi connectivity index (χ1v) is 7.58. The van der Waals surface area contributed by atoms with Gasteiger partial charge in [-0.1, -0.05) is 0 Å². The molecule has 3 nitrogen and oxygen atoms in total. The van der Waals surface area contributed by atoms with Crippen molar-refractivity contribution in [2.24, 2.45) is 0 Å². The number of hydrogen-bond donors (Lipinski definition) is 0. The molecule has 1 aromatic carbocycles. The average Bonchev–Trinajstić information content (AvgIpc) is 2.42. The molecule has 1 aromatic rings. The molecular formula is C18H25N2O+. The Morgan fingerprint density at radius 1 is 1.19 bits per heavy atom. The van der Waals surface area contributed by atoms with Crippen LogP contribution < -0.4 is 9.64 Å². The smallest absolute Gasteiger partial charge is 0.136 e.